The summed E-state index contributed by atoms with van der Waals surface area (Å²) >= 11 is 0. The van der Waals surface area contributed by atoms with Crippen LogP contribution in [0.5, 0.6) is 0 Å². The van der Waals surface area contributed by atoms with Gasteiger partial charge in [0.25, 0.3) is 0 Å². The molecule has 0 aliphatic carbocycles. The molecule has 0 unspecified atom stereocenters. The van der Waals surface area contributed by atoms with Crippen molar-refractivity contribution < 1.29 is 9.53 Å². The molecule has 0 amide bonds. The number of ether oxygens (including phenoxy) is 1. The molecule has 2 nitrogen and oxygen atoms in total. The van der Waals surface area contributed by atoms with Gasteiger partial charge in [-0.2, -0.15) is 0 Å². The van der Waals surface area contributed by atoms with Gasteiger partial charge in [-0.3, -0.25) is 0 Å². The number of carbonyl (C=O) groups excluding carboxylic acids is 1. The van der Waals surface area contributed by atoms with Crippen LogP contribution < -0.4 is 0 Å². The summed E-state index contributed by atoms with van der Waals surface area (Å²) in [5.74, 6) is -0.263. The first kappa shape index (κ1) is 10.5. The van der Waals surface area contributed by atoms with Crippen molar-refractivity contribution in [1.82, 2.24) is 0 Å². The highest BCUT2D eigenvalue weighted by atomic mass is 16.5. The van der Waals surface area contributed by atoms with E-state index < -0.39 is 0 Å². The lowest BCUT2D eigenvalue weighted by atomic mass is 10.1. The molecule has 0 atom stereocenters. The molecule has 0 spiro atoms. The van der Waals surface area contributed by atoms with Crippen molar-refractivity contribution in [3.8, 4) is 0 Å². The molecule has 0 radical (unpaired) electrons. The average Bonchev–Trinajstić information content (AvgIpc) is 2.21. The molecule has 0 aliphatic rings. The van der Waals surface area contributed by atoms with Crippen LogP contribution in [0.25, 0.3) is 5.57 Å². The average molecular weight is 190 g/mol. The van der Waals surface area contributed by atoms with Crippen molar-refractivity contribution in [1.29, 1.82) is 0 Å². The summed E-state index contributed by atoms with van der Waals surface area (Å²) in [5.41, 5.74) is 1.51. The van der Waals surface area contributed by atoms with E-state index in [-0.39, 0.29) is 5.97 Å². The third kappa shape index (κ3) is 2.46. The van der Waals surface area contributed by atoms with E-state index in [1.54, 1.807) is 13.0 Å². The Morgan fingerprint density at radius 2 is 2.00 bits per heavy atom. The third-order valence-corrected chi connectivity index (χ3v) is 1.87. The SMILES string of the molecule is C/C=C(\C(=O)OCC)c1ccccc1. The minimum atomic E-state index is -0.263. The van der Waals surface area contributed by atoms with Crippen LogP contribution in [0.2, 0.25) is 0 Å². The van der Waals surface area contributed by atoms with Gasteiger partial charge in [-0.05, 0) is 19.4 Å². The van der Waals surface area contributed by atoms with Crippen LogP contribution in [-0.4, -0.2) is 12.6 Å². The Balaban J connectivity index is 2.89. The highest BCUT2D eigenvalue weighted by molar-refractivity contribution is 6.16. The van der Waals surface area contributed by atoms with Gasteiger partial charge in [-0.1, -0.05) is 36.4 Å². The van der Waals surface area contributed by atoms with Crippen molar-refractivity contribution >= 4 is 11.5 Å². The van der Waals surface area contributed by atoms with Crippen LogP contribution in [-0.2, 0) is 9.53 Å². The molecule has 1 rings (SSSR count). The molecule has 1 aromatic rings. The molecule has 0 aliphatic heterocycles. The van der Waals surface area contributed by atoms with Crippen molar-refractivity contribution in [3.05, 3.63) is 42.0 Å². The largest absolute Gasteiger partial charge is 0.462 e. The number of allylic oxidation sites excluding steroid dienone is 1. The van der Waals surface area contributed by atoms with E-state index in [1.165, 1.54) is 0 Å². The van der Waals surface area contributed by atoms with E-state index in [0.29, 0.717) is 12.2 Å². The Hall–Kier alpha value is -1.57. The summed E-state index contributed by atoms with van der Waals surface area (Å²) in [6.07, 6.45) is 1.77. The molecule has 1 aromatic carbocycles. The van der Waals surface area contributed by atoms with Crippen LogP contribution in [0, 0.1) is 0 Å². The fourth-order valence-electron chi connectivity index (χ4n) is 1.23. The van der Waals surface area contributed by atoms with Gasteiger partial charge in [0, 0.05) is 0 Å². The fourth-order valence-corrected chi connectivity index (χ4v) is 1.23. The summed E-state index contributed by atoms with van der Waals surface area (Å²) in [6.45, 7) is 4.04. The number of carbonyl (C=O) groups is 1. The van der Waals surface area contributed by atoms with E-state index in [9.17, 15) is 4.79 Å². The van der Waals surface area contributed by atoms with Crippen molar-refractivity contribution in [2.75, 3.05) is 6.61 Å². The first-order valence-corrected chi connectivity index (χ1v) is 4.68. The first-order chi connectivity index (χ1) is 6.79. The lowest BCUT2D eigenvalue weighted by Gasteiger charge is -2.05. The smallest absolute Gasteiger partial charge is 0.338 e. The maximum atomic E-state index is 11.5. The van der Waals surface area contributed by atoms with Gasteiger partial charge in [-0.25, -0.2) is 4.79 Å². The first-order valence-electron chi connectivity index (χ1n) is 4.68. The maximum absolute atomic E-state index is 11.5. The quantitative estimate of drug-likeness (QED) is 0.541. The molecule has 0 aromatic heterocycles. The van der Waals surface area contributed by atoms with Crippen molar-refractivity contribution in [3.63, 3.8) is 0 Å². The second-order valence-electron chi connectivity index (χ2n) is 2.79. The van der Waals surface area contributed by atoms with Crippen LogP contribution in [0.4, 0.5) is 0 Å². The van der Waals surface area contributed by atoms with Crippen LogP contribution >= 0.6 is 0 Å². The molecule has 0 heterocycles. The fraction of sp³-hybridized carbons (Fsp3) is 0.250. The Bertz CT molecular complexity index is 325. The van der Waals surface area contributed by atoms with E-state index in [2.05, 4.69) is 0 Å². The summed E-state index contributed by atoms with van der Waals surface area (Å²) < 4.78 is 4.94. The zero-order chi connectivity index (χ0) is 10.4. The molecule has 0 saturated heterocycles. The normalized spacial score (nSPS) is 11.1. The van der Waals surface area contributed by atoms with Gasteiger partial charge in [0.2, 0.25) is 0 Å². The molecule has 0 bridgehead atoms. The number of benzene rings is 1. The van der Waals surface area contributed by atoms with E-state index in [0.717, 1.165) is 5.56 Å². The van der Waals surface area contributed by atoms with Gasteiger partial charge in [0.1, 0.15) is 0 Å². The second-order valence-corrected chi connectivity index (χ2v) is 2.79. The maximum Gasteiger partial charge on any atom is 0.338 e. The summed E-state index contributed by atoms with van der Waals surface area (Å²) in [5, 5.41) is 0. The second kappa shape index (κ2) is 5.22. The topological polar surface area (TPSA) is 26.3 Å². The standard InChI is InChI=1S/C12H14O2/c1-3-11(12(13)14-4-2)10-8-6-5-7-9-10/h3,5-9H,4H2,1-2H3/b11-3-. The number of hydrogen-bond acceptors (Lipinski definition) is 2. The van der Waals surface area contributed by atoms with Crippen LogP contribution in [0.1, 0.15) is 19.4 Å². The van der Waals surface area contributed by atoms with Gasteiger partial charge in [-0.15, -0.1) is 0 Å². The van der Waals surface area contributed by atoms with Crippen molar-refractivity contribution in [2.45, 2.75) is 13.8 Å². The van der Waals surface area contributed by atoms with Gasteiger partial charge in [0.15, 0.2) is 0 Å². The van der Waals surface area contributed by atoms with E-state index in [1.807, 2.05) is 37.3 Å². The number of esters is 1. The highest BCUT2D eigenvalue weighted by Gasteiger charge is 2.10. The number of rotatable bonds is 3. The Morgan fingerprint density at radius 1 is 1.36 bits per heavy atom. The molecular formula is C12H14O2. The summed E-state index contributed by atoms with van der Waals surface area (Å²) in [6, 6.07) is 9.51. The zero-order valence-electron chi connectivity index (χ0n) is 8.49. The van der Waals surface area contributed by atoms with Crippen LogP contribution in [0.3, 0.4) is 0 Å². The molecule has 74 valence electrons. The molecule has 0 fully saturated rings. The Morgan fingerprint density at radius 3 is 2.50 bits per heavy atom. The molecular weight excluding hydrogens is 176 g/mol. The highest BCUT2D eigenvalue weighted by Crippen LogP contribution is 2.15. The Labute approximate surface area is 84.2 Å². The third-order valence-electron chi connectivity index (χ3n) is 1.87. The number of hydrogen-bond donors (Lipinski definition) is 0. The molecule has 0 N–H and O–H groups in total. The van der Waals surface area contributed by atoms with Gasteiger partial charge >= 0.3 is 5.97 Å². The monoisotopic (exact) mass is 190 g/mol. The molecule has 14 heavy (non-hydrogen) atoms. The van der Waals surface area contributed by atoms with Crippen LogP contribution in [0.15, 0.2) is 36.4 Å². The lowest BCUT2D eigenvalue weighted by Crippen LogP contribution is -2.06. The summed E-state index contributed by atoms with van der Waals surface area (Å²) in [7, 11) is 0. The van der Waals surface area contributed by atoms with Gasteiger partial charge < -0.3 is 4.74 Å². The minimum absolute atomic E-state index is 0.263. The molecule has 2 heteroatoms. The van der Waals surface area contributed by atoms with E-state index >= 15 is 0 Å². The predicted octanol–water partition coefficient (Wildman–Crippen LogP) is 2.65. The lowest BCUT2D eigenvalue weighted by molar-refractivity contribution is -0.136. The van der Waals surface area contributed by atoms with Crippen molar-refractivity contribution in [2.24, 2.45) is 0 Å². The Kier molecular flexibility index (Phi) is 3.92. The minimum Gasteiger partial charge on any atom is -0.462 e. The zero-order valence-corrected chi connectivity index (χ0v) is 8.49. The summed E-state index contributed by atoms with van der Waals surface area (Å²) in [4.78, 5) is 11.5. The molecule has 0 saturated carbocycles. The van der Waals surface area contributed by atoms with Gasteiger partial charge in [0.05, 0.1) is 12.2 Å². The predicted molar refractivity (Wildman–Crippen MR) is 56.7 cm³/mol. The van der Waals surface area contributed by atoms with E-state index in [4.69, 9.17) is 4.74 Å².